The molecule has 2 rings (SSSR count). The molecule has 1 aromatic carbocycles. The van der Waals surface area contributed by atoms with E-state index in [4.69, 9.17) is 5.26 Å². The molecule has 0 spiro atoms. The van der Waals surface area contributed by atoms with Gasteiger partial charge in [-0.25, -0.2) is 4.98 Å². The summed E-state index contributed by atoms with van der Waals surface area (Å²) in [5, 5.41) is 8.91. The Morgan fingerprint density at radius 3 is 2.78 bits per heavy atom. The first-order valence-electron chi connectivity index (χ1n) is 6.01. The molecule has 4 heteroatoms. The second kappa shape index (κ2) is 4.79. The van der Waals surface area contributed by atoms with E-state index in [1.807, 2.05) is 28.1 Å². The summed E-state index contributed by atoms with van der Waals surface area (Å²) in [6.07, 6.45) is 0.490. The number of rotatable bonds is 3. The van der Waals surface area contributed by atoms with E-state index in [2.05, 4.69) is 38.7 Å². The normalized spacial score (nSPS) is 12.9. The minimum absolute atomic E-state index is 0.127. The molecule has 4 nitrogen and oxygen atoms in total. The second-order valence-electron chi connectivity index (χ2n) is 4.81. The molecule has 0 aliphatic heterocycles. The van der Waals surface area contributed by atoms with Crippen molar-refractivity contribution in [3.05, 3.63) is 29.6 Å². The Bertz CT molecular complexity index is 604. The van der Waals surface area contributed by atoms with Gasteiger partial charge in [0, 0.05) is 13.1 Å². The molecule has 1 heterocycles. The monoisotopic (exact) mass is 242 g/mol. The highest BCUT2D eigenvalue weighted by Gasteiger charge is 2.15. The zero-order chi connectivity index (χ0) is 13.3. The van der Waals surface area contributed by atoms with Gasteiger partial charge in [0.2, 0.25) is 0 Å². The number of aromatic nitrogens is 2. The lowest BCUT2D eigenvalue weighted by atomic mass is 10.0. The van der Waals surface area contributed by atoms with Gasteiger partial charge in [0.05, 0.1) is 23.5 Å². The molecule has 0 saturated heterocycles. The summed E-state index contributed by atoms with van der Waals surface area (Å²) in [7, 11) is 6.01. The van der Waals surface area contributed by atoms with Crippen molar-refractivity contribution in [1.82, 2.24) is 14.5 Å². The Balaban J connectivity index is 2.49. The molecule has 94 valence electrons. The number of nitriles is 1. The third-order valence-electron chi connectivity index (χ3n) is 3.42. The molecule has 0 aliphatic rings. The Morgan fingerprint density at radius 1 is 1.44 bits per heavy atom. The van der Waals surface area contributed by atoms with Gasteiger partial charge < -0.3 is 9.47 Å². The van der Waals surface area contributed by atoms with Gasteiger partial charge in [0.1, 0.15) is 5.82 Å². The Morgan fingerprint density at radius 2 is 2.17 bits per heavy atom. The van der Waals surface area contributed by atoms with Crippen molar-refractivity contribution in [3.8, 4) is 6.07 Å². The van der Waals surface area contributed by atoms with Crippen LogP contribution in [0.1, 0.15) is 23.9 Å². The van der Waals surface area contributed by atoms with Gasteiger partial charge in [0.25, 0.3) is 0 Å². The van der Waals surface area contributed by atoms with Gasteiger partial charge in [-0.15, -0.1) is 0 Å². The summed E-state index contributed by atoms with van der Waals surface area (Å²) < 4.78 is 2.08. The number of aryl methyl sites for hydroxylation is 2. The number of hydrogen-bond donors (Lipinski definition) is 0. The van der Waals surface area contributed by atoms with Crippen molar-refractivity contribution in [2.24, 2.45) is 7.05 Å². The number of benzene rings is 1. The molecule has 0 N–H and O–H groups in total. The van der Waals surface area contributed by atoms with Gasteiger partial charge in [-0.2, -0.15) is 5.26 Å². The van der Waals surface area contributed by atoms with Crippen molar-refractivity contribution in [2.45, 2.75) is 19.4 Å². The molecule has 0 radical (unpaired) electrons. The molecule has 1 atom stereocenters. The molecular weight excluding hydrogens is 224 g/mol. The first kappa shape index (κ1) is 12.6. The largest absolute Gasteiger partial charge is 0.331 e. The summed E-state index contributed by atoms with van der Waals surface area (Å²) in [6.45, 7) is 2.00. The third kappa shape index (κ3) is 2.09. The molecule has 1 aromatic heterocycles. The van der Waals surface area contributed by atoms with Crippen LogP contribution >= 0.6 is 0 Å². The van der Waals surface area contributed by atoms with Crippen LogP contribution < -0.4 is 0 Å². The zero-order valence-electron chi connectivity index (χ0n) is 11.3. The fourth-order valence-corrected chi connectivity index (χ4v) is 2.23. The standard InChI is InChI=1S/C14H18N4/c1-10-16-12-9-11(5-6-14(12)18(10)4)13(7-8-15)17(2)3/h5-6,9,13H,7H2,1-4H3. The van der Waals surface area contributed by atoms with E-state index in [9.17, 15) is 0 Å². The maximum Gasteiger partial charge on any atom is 0.106 e. The van der Waals surface area contributed by atoms with Crippen LogP contribution in [0.25, 0.3) is 11.0 Å². The molecule has 2 aromatic rings. The zero-order valence-corrected chi connectivity index (χ0v) is 11.3. The van der Waals surface area contributed by atoms with E-state index in [-0.39, 0.29) is 6.04 Å². The van der Waals surface area contributed by atoms with Crippen molar-refractivity contribution in [2.75, 3.05) is 14.1 Å². The number of hydrogen-bond acceptors (Lipinski definition) is 3. The van der Waals surface area contributed by atoms with E-state index in [0.29, 0.717) is 6.42 Å². The number of fused-ring (bicyclic) bond motifs is 1. The molecule has 0 amide bonds. The van der Waals surface area contributed by atoms with E-state index in [1.165, 1.54) is 0 Å². The molecule has 0 aliphatic carbocycles. The predicted octanol–water partition coefficient (Wildman–Crippen LogP) is 2.40. The van der Waals surface area contributed by atoms with Crippen LogP contribution in [-0.2, 0) is 7.05 Å². The fourth-order valence-electron chi connectivity index (χ4n) is 2.23. The van der Waals surface area contributed by atoms with Crippen molar-refractivity contribution in [1.29, 1.82) is 5.26 Å². The molecule has 0 saturated carbocycles. The van der Waals surface area contributed by atoms with Gasteiger partial charge in [0.15, 0.2) is 0 Å². The number of nitrogens with zero attached hydrogens (tertiary/aromatic N) is 4. The van der Waals surface area contributed by atoms with Crippen LogP contribution in [0.2, 0.25) is 0 Å². The van der Waals surface area contributed by atoms with Crippen molar-refractivity contribution >= 4 is 11.0 Å². The summed E-state index contributed by atoms with van der Waals surface area (Å²) in [5.74, 6) is 1.00. The highest BCUT2D eigenvalue weighted by Crippen LogP contribution is 2.25. The molecular formula is C14H18N4. The minimum Gasteiger partial charge on any atom is -0.331 e. The van der Waals surface area contributed by atoms with E-state index < -0.39 is 0 Å². The third-order valence-corrected chi connectivity index (χ3v) is 3.42. The second-order valence-corrected chi connectivity index (χ2v) is 4.81. The summed E-state index contributed by atoms with van der Waals surface area (Å²) in [5.41, 5.74) is 3.27. The predicted molar refractivity (Wildman–Crippen MR) is 72.1 cm³/mol. The number of imidazole rings is 1. The maximum absolute atomic E-state index is 8.91. The minimum atomic E-state index is 0.127. The van der Waals surface area contributed by atoms with Crippen LogP contribution in [-0.4, -0.2) is 28.5 Å². The molecule has 18 heavy (non-hydrogen) atoms. The van der Waals surface area contributed by atoms with Crippen LogP contribution in [0.4, 0.5) is 0 Å². The van der Waals surface area contributed by atoms with Crippen LogP contribution in [0, 0.1) is 18.3 Å². The quantitative estimate of drug-likeness (QED) is 0.830. The average molecular weight is 242 g/mol. The Kier molecular flexibility index (Phi) is 3.35. The molecule has 0 bridgehead atoms. The Labute approximate surface area is 107 Å². The lowest BCUT2D eigenvalue weighted by molar-refractivity contribution is 0.303. The Hall–Kier alpha value is -1.86. The lowest BCUT2D eigenvalue weighted by Gasteiger charge is -2.22. The van der Waals surface area contributed by atoms with Crippen LogP contribution in [0.5, 0.6) is 0 Å². The maximum atomic E-state index is 8.91. The van der Waals surface area contributed by atoms with E-state index >= 15 is 0 Å². The van der Waals surface area contributed by atoms with Crippen molar-refractivity contribution in [3.63, 3.8) is 0 Å². The first-order valence-corrected chi connectivity index (χ1v) is 6.01. The lowest BCUT2D eigenvalue weighted by Crippen LogP contribution is -2.19. The fraction of sp³-hybridized carbons (Fsp3) is 0.429. The van der Waals surface area contributed by atoms with Gasteiger partial charge in [-0.3, -0.25) is 0 Å². The van der Waals surface area contributed by atoms with Gasteiger partial charge in [-0.05, 0) is 38.7 Å². The van der Waals surface area contributed by atoms with E-state index in [1.54, 1.807) is 0 Å². The highest BCUT2D eigenvalue weighted by atomic mass is 15.1. The highest BCUT2D eigenvalue weighted by molar-refractivity contribution is 5.77. The molecule has 0 fully saturated rings. The summed E-state index contributed by atoms with van der Waals surface area (Å²) in [6, 6.07) is 8.63. The summed E-state index contributed by atoms with van der Waals surface area (Å²) in [4.78, 5) is 6.61. The average Bonchev–Trinajstić information content (AvgIpc) is 2.61. The van der Waals surface area contributed by atoms with Crippen molar-refractivity contribution < 1.29 is 0 Å². The SMILES string of the molecule is Cc1nc2cc(C(CC#N)N(C)C)ccc2n1C. The van der Waals surface area contributed by atoms with E-state index in [0.717, 1.165) is 22.4 Å². The summed E-state index contributed by atoms with van der Waals surface area (Å²) >= 11 is 0. The van der Waals surface area contributed by atoms with Gasteiger partial charge >= 0.3 is 0 Å². The van der Waals surface area contributed by atoms with Crippen LogP contribution in [0.15, 0.2) is 18.2 Å². The molecule has 1 unspecified atom stereocenters. The van der Waals surface area contributed by atoms with Crippen LogP contribution in [0.3, 0.4) is 0 Å². The smallest absolute Gasteiger partial charge is 0.106 e. The van der Waals surface area contributed by atoms with Gasteiger partial charge in [-0.1, -0.05) is 6.07 Å². The first-order chi connectivity index (χ1) is 8.54. The topological polar surface area (TPSA) is 44.9 Å².